The summed E-state index contributed by atoms with van der Waals surface area (Å²) in [5.74, 6) is 0.192. The molecule has 2 amide bonds. The van der Waals surface area contributed by atoms with Crippen molar-refractivity contribution < 1.29 is 9.59 Å². The number of halogens is 1. The molecule has 1 saturated heterocycles. The van der Waals surface area contributed by atoms with Gasteiger partial charge in [0.2, 0.25) is 17.8 Å². The number of hydrogen-bond acceptors (Lipinski definition) is 5. The number of nitrogens with one attached hydrogen (secondary N) is 1. The summed E-state index contributed by atoms with van der Waals surface area (Å²) < 4.78 is 0. The summed E-state index contributed by atoms with van der Waals surface area (Å²) >= 11 is 6.14. The summed E-state index contributed by atoms with van der Waals surface area (Å²) in [6.07, 6.45) is 3.45. The Kier molecular flexibility index (Phi) is 6.36. The molecule has 2 heterocycles. The minimum absolute atomic E-state index is 0.0533. The van der Waals surface area contributed by atoms with Crippen molar-refractivity contribution in [3.05, 3.63) is 53.3 Å². The van der Waals surface area contributed by atoms with E-state index in [9.17, 15) is 9.59 Å². The van der Waals surface area contributed by atoms with E-state index in [0.29, 0.717) is 43.6 Å². The van der Waals surface area contributed by atoms with Gasteiger partial charge in [-0.1, -0.05) is 29.8 Å². The third kappa shape index (κ3) is 5.02. The van der Waals surface area contributed by atoms with Crippen molar-refractivity contribution in [3.8, 4) is 0 Å². The third-order valence-electron chi connectivity index (χ3n) is 4.69. The maximum atomic E-state index is 12.5. The Labute approximate surface area is 163 Å². The average molecular weight is 388 g/mol. The lowest BCUT2D eigenvalue weighted by Gasteiger charge is -2.37. The summed E-state index contributed by atoms with van der Waals surface area (Å²) in [4.78, 5) is 36.8. The molecule has 27 heavy (non-hydrogen) atoms. The number of carbonyl (C=O) groups excluding carboxylic acids is 2. The van der Waals surface area contributed by atoms with Gasteiger partial charge in [-0.2, -0.15) is 0 Å². The number of piperazine rings is 1. The minimum Gasteiger partial charge on any atom is -0.340 e. The number of aromatic nitrogens is 2. The Morgan fingerprint density at radius 2 is 1.78 bits per heavy atom. The van der Waals surface area contributed by atoms with Crippen LogP contribution in [0.25, 0.3) is 0 Å². The van der Waals surface area contributed by atoms with Crippen molar-refractivity contribution in [3.63, 3.8) is 0 Å². The maximum absolute atomic E-state index is 12.5. The van der Waals surface area contributed by atoms with Gasteiger partial charge < -0.3 is 4.90 Å². The Balaban J connectivity index is 1.50. The van der Waals surface area contributed by atoms with Gasteiger partial charge in [0.25, 0.3) is 0 Å². The number of nitrogens with zero attached hydrogens (tertiary/aromatic N) is 4. The number of rotatable bonds is 5. The Morgan fingerprint density at radius 1 is 1.11 bits per heavy atom. The van der Waals surface area contributed by atoms with E-state index < -0.39 is 0 Å². The standard InChI is InChI=1S/C19H22ClN5O2/c1-14(18(27)23-19-21-7-4-8-22-19)24-9-11-25(12-10-24)17(26)13-15-5-2-3-6-16(15)20/h2-8,14H,9-13H2,1H3,(H,21,22,23,27). The summed E-state index contributed by atoms with van der Waals surface area (Å²) in [6.45, 7) is 4.29. The molecule has 1 N–H and O–H groups in total. The van der Waals surface area contributed by atoms with E-state index >= 15 is 0 Å². The summed E-state index contributed by atoms with van der Waals surface area (Å²) in [6, 6.07) is 8.76. The van der Waals surface area contributed by atoms with Gasteiger partial charge in [-0.25, -0.2) is 9.97 Å². The molecule has 1 aromatic heterocycles. The first-order valence-electron chi connectivity index (χ1n) is 8.87. The molecule has 2 aromatic rings. The molecule has 3 rings (SSSR count). The Morgan fingerprint density at radius 3 is 2.44 bits per heavy atom. The highest BCUT2D eigenvalue weighted by atomic mass is 35.5. The van der Waals surface area contributed by atoms with Crippen LogP contribution >= 0.6 is 11.6 Å². The second kappa shape index (κ2) is 8.92. The molecular weight excluding hydrogens is 366 g/mol. The van der Waals surface area contributed by atoms with E-state index in [1.165, 1.54) is 0 Å². The predicted molar refractivity (Wildman–Crippen MR) is 103 cm³/mol. The number of carbonyl (C=O) groups is 2. The van der Waals surface area contributed by atoms with Crippen molar-refractivity contribution in [1.82, 2.24) is 19.8 Å². The molecule has 1 fully saturated rings. The lowest BCUT2D eigenvalue weighted by Crippen LogP contribution is -2.54. The monoisotopic (exact) mass is 387 g/mol. The van der Waals surface area contributed by atoms with Crippen LogP contribution < -0.4 is 5.32 Å². The first-order chi connectivity index (χ1) is 13.0. The molecule has 0 saturated carbocycles. The highest BCUT2D eigenvalue weighted by Gasteiger charge is 2.28. The summed E-state index contributed by atoms with van der Waals surface area (Å²) in [5.41, 5.74) is 0.835. The van der Waals surface area contributed by atoms with Crippen LogP contribution in [0.5, 0.6) is 0 Å². The van der Waals surface area contributed by atoms with E-state index in [0.717, 1.165) is 5.56 Å². The molecule has 0 spiro atoms. The first kappa shape index (κ1) is 19.3. The van der Waals surface area contributed by atoms with Gasteiger partial charge in [-0.15, -0.1) is 0 Å². The Hall–Kier alpha value is -2.51. The van der Waals surface area contributed by atoms with Gasteiger partial charge in [0.05, 0.1) is 12.5 Å². The lowest BCUT2D eigenvalue weighted by molar-refractivity contribution is -0.133. The van der Waals surface area contributed by atoms with E-state index in [1.54, 1.807) is 24.5 Å². The average Bonchev–Trinajstić information content (AvgIpc) is 2.70. The topological polar surface area (TPSA) is 78.4 Å². The molecule has 1 aromatic carbocycles. The molecule has 7 nitrogen and oxygen atoms in total. The molecule has 142 valence electrons. The fraction of sp³-hybridized carbons (Fsp3) is 0.368. The highest BCUT2D eigenvalue weighted by molar-refractivity contribution is 6.31. The van der Waals surface area contributed by atoms with Gasteiger partial charge in [-0.05, 0) is 24.6 Å². The van der Waals surface area contributed by atoms with Crippen LogP contribution in [-0.4, -0.2) is 63.8 Å². The van der Waals surface area contributed by atoms with Crippen LogP contribution in [0.1, 0.15) is 12.5 Å². The van der Waals surface area contributed by atoms with Crippen molar-refractivity contribution in [2.45, 2.75) is 19.4 Å². The third-order valence-corrected chi connectivity index (χ3v) is 5.06. The SMILES string of the molecule is CC(C(=O)Nc1ncccn1)N1CCN(C(=O)Cc2ccccc2Cl)CC1. The number of benzene rings is 1. The van der Waals surface area contributed by atoms with E-state index in [4.69, 9.17) is 11.6 Å². The molecule has 0 bridgehead atoms. The minimum atomic E-state index is -0.324. The smallest absolute Gasteiger partial charge is 0.243 e. The zero-order chi connectivity index (χ0) is 19.2. The second-order valence-electron chi connectivity index (χ2n) is 6.42. The van der Waals surface area contributed by atoms with Gasteiger partial charge in [0.1, 0.15) is 0 Å². The number of anilines is 1. The van der Waals surface area contributed by atoms with Crippen LogP contribution in [0, 0.1) is 0 Å². The van der Waals surface area contributed by atoms with Crippen LogP contribution in [0.4, 0.5) is 5.95 Å². The van der Waals surface area contributed by atoms with E-state index in [1.807, 2.05) is 30.0 Å². The van der Waals surface area contributed by atoms with Crippen molar-refractivity contribution >= 4 is 29.4 Å². The number of amides is 2. The fourth-order valence-corrected chi connectivity index (χ4v) is 3.22. The Bertz CT molecular complexity index is 794. The van der Waals surface area contributed by atoms with Crippen LogP contribution in [-0.2, 0) is 16.0 Å². The van der Waals surface area contributed by atoms with E-state index in [-0.39, 0.29) is 17.9 Å². The maximum Gasteiger partial charge on any atom is 0.243 e. The van der Waals surface area contributed by atoms with Crippen LogP contribution in [0.3, 0.4) is 0 Å². The van der Waals surface area contributed by atoms with E-state index in [2.05, 4.69) is 20.2 Å². The fourth-order valence-electron chi connectivity index (χ4n) is 3.02. The molecular formula is C19H22ClN5O2. The lowest BCUT2D eigenvalue weighted by atomic mass is 10.1. The zero-order valence-corrected chi connectivity index (χ0v) is 15.9. The molecule has 0 aliphatic carbocycles. The van der Waals surface area contributed by atoms with Gasteiger partial charge in [-0.3, -0.25) is 19.8 Å². The molecule has 1 atom stereocenters. The highest BCUT2D eigenvalue weighted by Crippen LogP contribution is 2.17. The quantitative estimate of drug-likeness (QED) is 0.847. The van der Waals surface area contributed by atoms with Gasteiger partial charge in [0.15, 0.2) is 0 Å². The number of hydrogen-bond donors (Lipinski definition) is 1. The second-order valence-corrected chi connectivity index (χ2v) is 6.83. The van der Waals surface area contributed by atoms with Crippen molar-refractivity contribution in [1.29, 1.82) is 0 Å². The van der Waals surface area contributed by atoms with Gasteiger partial charge >= 0.3 is 0 Å². The predicted octanol–water partition coefficient (Wildman–Crippen LogP) is 1.84. The molecule has 0 radical (unpaired) electrons. The van der Waals surface area contributed by atoms with Crippen LogP contribution in [0.15, 0.2) is 42.7 Å². The molecule has 1 aliphatic heterocycles. The first-order valence-corrected chi connectivity index (χ1v) is 9.25. The van der Waals surface area contributed by atoms with Crippen LogP contribution in [0.2, 0.25) is 5.02 Å². The largest absolute Gasteiger partial charge is 0.340 e. The van der Waals surface area contributed by atoms with Crippen molar-refractivity contribution in [2.24, 2.45) is 0 Å². The van der Waals surface area contributed by atoms with Crippen molar-refractivity contribution in [2.75, 3.05) is 31.5 Å². The molecule has 1 aliphatic rings. The molecule has 1 unspecified atom stereocenters. The summed E-state index contributed by atoms with van der Waals surface area (Å²) in [5, 5.41) is 3.32. The zero-order valence-electron chi connectivity index (χ0n) is 15.1. The normalized spacial score (nSPS) is 16.0. The van der Waals surface area contributed by atoms with Gasteiger partial charge in [0, 0.05) is 43.6 Å². The summed E-state index contributed by atoms with van der Waals surface area (Å²) in [7, 11) is 0. The molecule has 8 heteroatoms.